The average Bonchev–Trinajstić information content (AvgIpc) is 3.07. The largest absolute Gasteiger partial charge is 0.346 e. The first-order chi connectivity index (χ1) is 10.6. The zero-order valence-electron chi connectivity index (χ0n) is 12.3. The average molecular weight is 321 g/mol. The number of aryl methyl sites for hydroxylation is 1. The van der Waals surface area contributed by atoms with E-state index in [1.54, 1.807) is 0 Å². The van der Waals surface area contributed by atoms with Crippen LogP contribution in [0.1, 0.15) is 36.9 Å². The smallest absolute Gasteiger partial charge is 0.244 e. The van der Waals surface area contributed by atoms with Crippen LogP contribution in [0.3, 0.4) is 0 Å². The van der Waals surface area contributed by atoms with Gasteiger partial charge in [0.25, 0.3) is 0 Å². The van der Waals surface area contributed by atoms with Gasteiger partial charge in [0.05, 0.1) is 11.8 Å². The molecule has 118 valence electrons. The van der Waals surface area contributed by atoms with Crippen molar-refractivity contribution in [3.05, 3.63) is 35.4 Å². The quantitative estimate of drug-likeness (QED) is 0.756. The van der Waals surface area contributed by atoms with E-state index in [9.17, 15) is 8.42 Å². The third-order valence-corrected chi connectivity index (χ3v) is 5.10. The van der Waals surface area contributed by atoms with E-state index < -0.39 is 10.0 Å². The Balaban J connectivity index is 1.68. The molecule has 1 aromatic carbocycles. The summed E-state index contributed by atoms with van der Waals surface area (Å²) in [6.07, 6.45) is 2.55. The standard InChI is InChI=1S/C14H19N5O2S/c1-2-9-22(20,21)19-14-16-13(17-18-14)15-12-8-7-10-5-3-4-6-11(10)12/h3-6,12H,2,7-9H2,1H3,(H3,15,16,17,18,19). The van der Waals surface area contributed by atoms with Crippen LogP contribution in [0.2, 0.25) is 0 Å². The van der Waals surface area contributed by atoms with Gasteiger partial charge in [-0.15, -0.1) is 5.10 Å². The third-order valence-electron chi connectivity index (χ3n) is 3.65. The van der Waals surface area contributed by atoms with Crippen molar-refractivity contribution in [1.82, 2.24) is 15.2 Å². The van der Waals surface area contributed by atoms with E-state index in [1.165, 1.54) is 11.1 Å². The second-order valence-corrected chi connectivity index (χ2v) is 7.20. The van der Waals surface area contributed by atoms with Crippen LogP contribution in [0.5, 0.6) is 0 Å². The normalized spacial score (nSPS) is 17.2. The molecule has 1 atom stereocenters. The third kappa shape index (κ3) is 3.22. The Morgan fingerprint density at radius 3 is 3.00 bits per heavy atom. The predicted octanol–water partition coefficient (Wildman–Crippen LogP) is 2.06. The zero-order valence-corrected chi connectivity index (χ0v) is 13.2. The molecule has 0 saturated carbocycles. The van der Waals surface area contributed by atoms with Crippen molar-refractivity contribution in [2.75, 3.05) is 15.8 Å². The first-order valence-electron chi connectivity index (χ1n) is 7.34. The molecule has 7 nitrogen and oxygen atoms in total. The van der Waals surface area contributed by atoms with Gasteiger partial charge in [0.1, 0.15) is 0 Å². The fourth-order valence-corrected chi connectivity index (χ4v) is 3.73. The zero-order chi connectivity index (χ0) is 15.6. The molecule has 0 bridgehead atoms. The first-order valence-corrected chi connectivity index (χ1v) is 9.00. The molecule has 3 N–H and O–H groups in total. The van der Waals surface area contributed by atoms with Crippen molar-refractivity contribution in [2.24, 2.45) is 0 Å². The highest BCUT2D eigenvalue weighted by Crippen LogP contribution is 2.32. The van der Waals surface area contributed by atoms with Gasteiger partial charge < -0.3 is 5.32 Å². The van der Waals surface area contributed by atoms with Crippen molar-refractivity contribution >= 4 is 21.9 Å². The Hall–Kier alpha value is -2.09. The lowest BCUT2D eigenvalue weighted by Crippen LogP contribution is -2.17. The highest BCUT2D eigenvalue weighted by atomic mass is 32.2. The van der Waals surface area contributed by atoms with Gasteiger partial charge in [0.15, 0.2) is 0 Å². The molecular weight excluding hydrogens is 302 g/mol. The van der Waals surface area contributed by atoms with Gasteiger partial charge in [-0.2, -0.15) is 4.98 Å². The Morgan fingerprint density at radius 1 is 1.36 bits per heavy atom. The molecule has 0 aliphatic heterocycles. The lowest BCUT2D eigenvalue weighted by molar-refractivity contribution is 0.599. The van der Waals surface area contributed by atoms with Crippen LogP contribution in [0.15, 0.2) is 24.3 Å². The number of fused-ring (bicyclic) bond motifs is 1. The molecule has 0 radical (unpaired) electrons. The molecule has 0 saturated heterocycles. The summed E-state index contributed by atoms with van der Waals surface area (Å²) in [6.45, 7) is 1.81. The van der Waals surface area contributed by atoms with Crippen LogP contribution in [-0.2, 0) is 16.4 Å². The van der Waals surface area contributed by atoms with Crippen LogP contribution < -0.4 is 10.0 Å². The highest BCUT2D eigenvalue weighted by molar-refractivity contribution is 7.92. The fraction of sp³-hybridized carbons (Fsp3) is 0.429. The topological polar surface area (TPSA) is 99.8 Å². The van der Waals surface area contributed by atoms with Crippen molar-refractivity contribution in [3.8, 4) is 0 Å². The van der Waals surface area contributed by atoms with Crippen LogP contribution in [0.4, 0.5) is 11.9 Å². The first kappa shape index (κ1) is 14.8. The minimum absolute atomic E-state index is 0.0620. The van der Waals surface area contributed by atoms with Crippen LogP contribution >= 0.6 is 0 Å². The monoisotopic (exact) mass is 321 g/mol. The van der Waals surface area contributed by atoms with Crippen LogP contribution in [-0.4, -0.2) is 29.4 Å². The Morgan fingerprint density at radius 2 is 2.18 bits per heavy atom. The lowest BCUT2D eigenvalue weighted by Gasteiger charge is -2.11. The molecule has 2 aromatic rings. The molecule has 1 aliphatic rings. The summed E-state index contributed by atoms with van der Waals surface area (Å²) >= 11 is 0. The van der Waals surface area contributed by atoms with Crippen LogP contribution in [0, 0.1) is 0 Å². The van der Waals surface area contributed by atoms with Crippen molar-refractivity contribution in [1.29, 1.82) is 0 Å². The van der Waals surface area contributed by atoms with E-state index in [2.05, 4.69) is 37.4 Å². The van der Waals surface area contributed by atoms with E-state index in [0.717, 1.165) is 12.8 Å². The number of rotatable bonds is 6. The van der Waals surface area contributed by atoms with Crippen molar-refractivity contribution in [3.63, 3.8) is 0 Å². The number of aromatic amines is 1. The summed E-state index contributed by atoms with van der Waals surface area (Å²) in [5.74, 6) is 0.602. The summed E-state index contributed by atoms with van der Waals surface area (Å²) in [7, 11) is -3.36. The van der Waals surface area contributed by atoms with Gasteiger partial charge in [-0.25, -0.2) is 13.5 Å². The summed E-state index contributed by atoms with van der Waals surface area (Å²) in [5, 5.41) is 9.87. The molecule has 22 heavy (non-hydrogen) atoms. The number of aromatic nitrogens is 3. The second-order valence-electron chi connectivity index (χ2n) is 5.36. The van der Waals surface area contributed by atoms with Crippen LogP contribution in [0.25, 0.3) is 0 Å². The molecule has 0 amide bonds. The number of sulfonamides is 1. The molecule has 1 heterocycles. The minimum atomic E-state index is -3.36. The molecular formula is C14H19N5O2S. The van der Waals surface area contributed by atoms with E-state index >= 15 is 0 Å². The number of anilines is 2. The summed E-state index contributed by atoms with van der Waals surface area (Å²) in [4.78, 5) is 4.15. The molecule has 1 aliphatic carbocycles. The Labute approximate surface area is 129 Å². The van der Waals surface area contributed by atoms with Crippen molar-refractivity contribution in [2.45, 2.75) is 32.2 Å². The second kappa shape index (κ2) is 5.96. The molecule has 3 rings (SSSR count). The van der Waals surface area contributed by atoms with Gasteiger partial charge in [-0.1, -0.05) is 31.2 Å². The molecule has 8 heteroatoms. The Kier molecular flexibility index (Phi) is 4.02. The maximum absolute atomic E-state index is 11.7. The number of nitrogens with one attached hydrogen (secondary N) is 3. The fourth-order valence-electron chi connectivity index (χ4n) is 2.70. The molecule has 1 aromatic heterocycles. The van der Waals surface area contributed by atoms with E-state index in [0.29, 0.717) is 12.4 Å². The van der Waals surface area contributed by atoms with E-state index in [-0.39, 0.29) is 17.7 Å². The SMILES string of the molecule is CCCS(=O)(=O)Nc1nc(NC2CCc3ccccc32)n[nH]1. The molecule has 0 fully saturated rings. The van der Waals surface area contributed by atoms with E-state index in [1.807, 2.05) is 19.1 Å². The predicted molar refractivity (Wildman–Crippen MR) is 85.2 cm³/mol. The van der Waals surface area contributed by atoms with Gasteiger partial charge in [0.2, 0.25) is 21.9 Å². The van der Waals surface area contributed by atoms with Gasteiger partial charge in [0, 0.05) is 0 Å². The highest BCUT2D eigenvalue weighted by Gasteiger charge is 2.23. The summed E-state index contributed by atoms with van der Waals surface area (Å²) in [5.41, 5.74) is 2.58. The number of benzene rings is 1. The maximum Gasteiger partial charge on any atom is 0.244 e. The van der Waals surface area contributed by atoms with Crippen molar-refractivity contribution < 1.29 is 8.42 Å². The Bertz CT molecular complexity index is 756. The minimum Gasteiger partial charge on any atom is -0.346 e. The number of nitrogens with zero attached hydrogens (tertiary/aromatic N) is 2. The summed E-state index contributed by atoms with van der Waals surface area (Å²) in [6, 6.07) is 8.43. The van der Waals surface area contributed by atoms with Gasteiger partial charge in [-0.05, 0) is 30.4 Å². The molecule has 1 unspecified atom stereocenters. The maximum atomic E-state index is 11.7. The summed E-state index contributed by atoms with van der Waals surface area (Å²) < 4.78 is 25.8. The lowest BCUT2D eigenvalue weighted by atomic mass is 10.1. The van der Waals surface area contributed by atoms with Gasteiger partial charge in [-0.3, -0.25) is 4.72 Å². The molecule has 0 spiro atoms. The number of H-pyrrole nitrogens is 1. The van der Waals surface area contributed by atoms with Gasteiger partial charge >= 0.3 is 0 Å². The number of hydrogen-bond donors (Lipinski definition) is 3. The number of hydrogen-bond acceptors (Lipinski definition) is 5. The van der Waals surface area contributed by atoms with E-state index in [4.69, 9.17) is 0 Å².